The van der Waals surface area contributed by atoms with Crippen LogP contribution in [0, 0.1) is 6.92 Å². The number of aromatic nitrogens is 2. The van der Waals surface area contributed by atoms with E-state index in [1.165, 1.54) is 7.11 Å². The Balaban J connectivity index is 3.33. The van der Waals surface area contributed by atoms with Gasteiger partial charge in [0, 0.05) is 0 Å². The number of aldehydes is 1. The number of rotatable bonds is 3. The number of aryl methyl sites for hydroxylation is 2. The Labute approximate surface area is 77.0 Å². The van der Waals surface area contributed by atoms with Gasteiger partial charge in [-0.3, -0.25) is 4.79 Å². The van der Waals surface area contributed by atoms with Gasteiger partial charge >= 0.3 is 0 Å². The average Bonchev–Trinajstić information content (AvgIpc) is 2.16. The Kier molecular flexibility index (Phi) is 2.95. The number of carbonyl (C=O) groups is 1. The molecule has 1 aromatic rings. The van der Waals surface area contributed by atoms with Crippen molar-refractivity contribution in [3.05, 3.63) is 17.2 Å². The van der Waals surface area contributed by atoms with Gasteiger partial charge in [0.15, 0.2) is 12.0 Å². The van der Waals surface area contributed by atoms with Gasteiger partial charge in [0.2, 0.25) is 0 Å². The van der Waals surface area contributed by atoms with Crippen molar-refractivity contribution in [3.63, 3.8) is 0 Å². The number of carbonyl (C=O) groups excluding carboxylic acids is 1. The van der Waals surface area contributed by atoms with Crippen molar-refractivity contribution in [2.75, 3.05) is 7.11 Å². The number of ether oxygens (including phenoxy) is 1. The third kappa shape index (κ3) is 1.83. The summed E-state index contributed by atoms with van der Waals surface area (Å²) in [6.45, 7) is 3.71. The quantitative estimate of drug-likeness (QED) is 0.655. The zero-order chi connectivity index (χ0) is 9.84. The molecule has 0 spiro atoms. The number of nitrogens with zero attached hydrogens (tertiary/aromatic N) is 2. The summed E-state index contributed by atoms with van der Waals surface area (Å²) in [5.74, 6) is 1.09. The van der Waals surface area contributed by atoms with Crippen LogP contribution >= 0.6 is 0 Å². The number of hydrogen-bond acceptors (Lipinski definition) is 4. The average molecular weight is 180 g/mol. The molecule has 4 heteroatoms. The highest BCUT2D eigenvalue weighted by molar-refractivity contribution is 5.76. The lowest BCUT2D eigenvalue weighted by Crippen LogP contribution is -2.04. The van der Waals surface area contributed by atoms with E-state index in [9.17, 15) is 4.79 Å². The van der Waals surface area contributed by atoms with Crippen LogP contribution in [-0.4, -0.2) is 23.4 Å². The fourth-order valence-electron chi connectivity index (χ4n) is 1.19. The molecule has 0 atom stereocenters. The summed E-state index contributed by atoms with van der Waals surface area (Å²) in [4.78, 5) is 18.8. The second kappa shape index (κ2) is 3.98. The normalized spacial score (nSPS) is 9.77. The van der Waals surface area contributed by atoms with Gasteiger partial charge in [-0.15, -0.1) is 0 Å². The molecule has 70 valence electrons. The molecule has 0 unspecified atom stereocenters. The first-order valence-corrected chi connectivity index (χ1v) is 4.09. The molecular formula is C9H12N2O2. The first kappa shape index (κ1) is 9.64. The van der Waals surface area contributed by atoms with Crippen molar-refractivity contribution in [1.29, 1.82) is 0 Å². The van der Waals surface area contributed by atoms with Crippen molar-refractivity contribution in [3.8, 4) is 5.75 Å². The second-order valence-corrected chi connectivity index (χ2v) is 2.61. The SMILES string of the molecule is CCc1nc(C)nc(C=O)c1OC. The van der Waals surface area contributed by atoms with Gasteiger partial charge in [0.1, 0.15) is 11.5 Å². The molecule has 0 aliphatic carbocycles. The second-order valence-electron chi connectivity index (χ2n) is 2.61. The van der Waals surface area contributed by atoms with Crippen LogP contribution in [0.4, 0.5) is 0 Å². The maximum Gasteiger partial charge on any atom is 0.172 e. The molecule has 4 nitrogen and oxygen atoms in total. The summed E-state index contributed by atoms with van der Waals surface area (Å²) in [6, 6.07) is 0. The Morgan fingerprint density at radius 3 is 2.62 bits per heavy atom. The van der Waals surface area contributed by atoms with Crippen LogP contribution in [-0.2, 0) is 6.42 Å². The molecule has 1 aromatic heterocycles. The molecule has 0 amide bonds. The molecule has 0 aliphatic heterocycles. The summed E-state index contributed by atoms with van der Waals surface area (Å²) in [5, 5.41) is 0. The minimum atomic E-state index is 0.326. The third-order valence-corrected chi connectivity index (χ3v) is 1.72. The zero-order valence-electron chi connectivity index (χ0n) is 8.00. The van der Waals surface area contributed by atoms with Crippen molar-refractivity contribution >= 4 is 6.29 Å². The van der Waals surface area contributed by atoms with Crippen LogP contribution in [0.1, 0.15) is 28.9 Å². The van der Waals surface area contributed by atoms with Crippen LogP contribution in [0.2, 0.25) is 0 Å². The van der Waals surface area contributed by atoms with Crippen molar-refractivity contribution < 1.29 is 9.53 Å². The largest absolute Gasteiger partial charge is 0.492 e. The van der Waals surface area contributed by atoms with Crippen LogP contribution in [0.15, 0.2) is 0 Å². The van der Waals surface area contributed by atoms with Crippen LogP contribution in [0.5, 0.6) is 5.75 Å². The Morgan fingerprint density at radius 1 is 1.46 bits per heavy atom. The van der Waals surface area contributed by atoms with E-state index in [0.717, 1.165) is 12.1 Å². The molecule has 0 bridgehead atoms. The predicted octanol–water partition coefficient (Wildman–Crippen LogP) is 1.17. The van der Waals surface area contributed by atoms with Gasteiger partial charge < -0.3 is 4.74 Å². The van der Waals surface area contributed by atoms with Crippen molar-refractivity contribution in [2.45, 2.75) is 20.3 Å². The summed E-state index contributed by atoms with van der Waals surface area (Å²) in [6.07, 6.45) is 1.42. The number of methoxy groups -OCH3 is 1. The highest BCUT2D eigenvalue weighted by Gasteiger charge is 2.10. The fourth-order valence-corrected chi connectivity index (χ4v) is 1.19. The van der Waals surface area contributed by atoms with Gasteiger partial charge in [0.25, 0.3) is 0 Å². The predicted molar refractivity (Wildman–Crippen MR) is 48.1 cm³/mol. The zero-order valence-corrected chi connectivity index (χ0v) is 8.00. The highest BCUT2D eigenvalue weighted by atomic mass is 16.5. The Hall–Kier alpha value is -1.45. The van der Waals surface area contributed by atoms with Crippen molar-refractivity contribution in [2.24, 2.45) is 0 Å². The molecular weight excluding hydrogens is 168 g/mol. The summed E-state index contributed by atoms with van der Waals surface area (Å²) in [7, 11) is 1.51. The van der Waals surface area contributed by atoms with Gasteiger partial charge in [-0.05, 0) is 13.3 Å². The van der Waals surface area contributed by atoms with Crippen LogP contribution in [0.25, 0.3) is 0 Å². The molecule has 0 aromatic carbocycles. The smallest absolute Gasteiger partial charge is 0.172 e. The van der Waals surface area contributed by atoms with Crippen LogP contribution < -0.4 is 4.74 Å². The minimum Gasteiger partial charge on any atom is -0.492 e. The summed E-state index contributed by atoms with van der Waals surface area (Å²) in [5.41, 5.74) is 1.10. The minimum absolute atomic E-state index is 0.326. The van der Waals surface area contributed by atoms with E-state index in [4.69, 9.17) is 4.74 Å². The van der Waals surface area contributed by atoms with Gasteiger partial charge in [-0.25, -0.2) is 9.97 Å². The van der Waals surface area contributed by atoms with E-state index in [1.807, 2.05) is 6.92 Å². The first-order chi connectivity index (χ1) is 6.22. The maximum atomic E-state index is 10.6. The molecule has 0 saturated carbocycles. The first-order valence-electron chi connectivity index (χ1n) is 4.09. The Bertz CT molecular complexity index is 324. The molecule has 0 aliphatic rings. The molecule has 13 heavy (non-hydrogen) atoms. The monoisotopic (exact) mass is 180 g/mol. The molecule has 1 heterocycles. The summed E-state index contributed by atoms with van der Waals surface area (Å²) < 4.78 is 5.06. The lowest BCUT2D eigenvalue weighted by molar-refractivity contribution is 0.111. The molecule has 1 rings (SSSR count). The standard InChI is InChI=1S/C9H12N2O2/c1-4-7-9(13-3)8(5-12)11-6(2)10-7/h5H,4H2,1-3H3. The van der Waals surface area contributed by atoms with Crippen molar-refractivity contribution in [1.82, 2.24) is 9.97 Å². The molecule has 0 N–H and O–H groups in total. The maximum absolute atomic E-state index is 10.6. The molecule has 0 saturated heterocycles. The van der Waals surface area contributed by atoms with E-state index in [0.29, 0.717) is 23.6 Å². The van der Waals surface area contributed by atoms with E-state index >= 15 is 0 Å². The van der Waals surface area contributed by atoms with E-state index in [-0.39, 0.29) is 0 Å². The van der Waals surface area contributed by atoms with Gasteiger partial charge in [-0.1, -0.05) is 6.92 Å². The van der Waals surface area contributed by atoms with Gasteiger partial charge in [0.05, 0.1) is 12.8 Å². The fraction of sp³-hybridized carbons (Fsp3) is 0.444. The summed E-state index contributed by atoms with van der Waals surface area (Å²) >= 11 is 0. The molecule has 0 fully saturated rings. The van der Waals surface area contributed by atoms with E-state index in [2.05, 4.69) is 9.97 Å². The lowest BCUT2D eigenvalue weighted by Gasteiger charge is -2.07. The van der Waals surface area contributed by atoms with E-state index in [1.54, 1.807) is 6.92 Å². The Morgan fingerprint density at radius 2 is 2.15 bits per heavy atom. The topological polar surface area (TPSA) is 52.1 Å². The number of hydrogen-bond donors (Lipinski definition) is 0. The highest BCUT2D eigenvalue weighted by Crippen LogP contribution is 2.19. The third-order valence-electron chi connectivity index (χ3n) is 1.72. The van der Waals surface area contributed by atoms with Crippen LogP contribution in [0.3, 0.4) is 0 Å². The lowest BCUT2D eigenvalue weighted by atomic mass is 10.2. The van der Waals surface area contributed by atoms with Gasteiger partial charge in [-0.2, -0.15) is 0 Å². The van der Waals surface area contributed by atoms with E-state index < -0.39 is 0 Å². The molecule has 0 radical (unpaired) electrons.